The maximum absolute atomic E-state index is 5.12. The summed E-state index contributed by atoms with van der Waals surface area (Å²) in [6.45, 7) is 3.29. The van der Waals surface area contributed by atoms with Crippen LogP contribution in [0.25, 0.3) is 16.5 Å². The van der Waals surface area contributed by atoms with Gasteiger partial charge in [0.05, 0.1) is 11.7 Å². The van der Waals surface area contributed by atoms with E-state index in [1.54, 1.807) is 0 Å². The summed E-state index contributed by atoms with van der Waals surface area (Å²) in [5, 5.41) is 4.22. The van der Waals surface area contributed by atoms with Gasteiger partial charge in [0.15, 0.2) is 5.17 Å². The number of thioether (sulfide) groups is 1. The van der Waals surface area contributed by atoms with Crippen LogP contribution in [0.2, 0.25) is 0 Å². The Labute approximate surface area is 180 Å². The van der Waals surface area contributed by atoms with E-state index >= 15 is 0 Å². The zero-order chi connectivity index (χ0) is 20.1. The number of benzene rings is 2. The first kappa shape index (κ1) is 17.8. The molecule has 2 aromatic carbocycles. The Balaban J connectivity index is 1.47. The molecule has 1 saturated heterocycles. The molecule has 6 rings (SSSR count). The monoisotopic (exact) mass is 410 g/mol. The molecule has 0 saturated carbocycles. The molecular formula is C25H22N4S. The molecule has 0 unspecified atom stereocenters. The van der Waals surface area contributed by atoms with E-state index in [9.17, 15) is 0 Å². The number of fused-ring (bicyclic) bond motifs is 2. The highest BCUT2D eigenvalue weighted by molar-refractivity contribution is 8.14. The molecule has 0 amide bonds. The average molecular weight is 411 g/mol. The van der Waals surface area contributed by atoms with Gasteiger partial charge < -0.3 is 9.47 Å². The number of aliphatic imine (C=N–C) groups is 1. The van der Waals surface area contributed by atoms with Gasteiger partial charge in [-0.15, -0.1) is 0 Å². The molecule has 0 N–H and O–H groups in total. The van der Waals surface area contributed by atoms with Crippen molar-refractivity contribution in [2.75, 3.05) is 6.54 Å². The van der Waals surface area contributed by atoms with Crippen LogP contribution in [-0.4, -0.2) is 31.4 Å². The summed E-state index contributed by atoms with van der Waals surface area (Å²) in [6.07, 6.45) is 4.04. The summed E-state index contributed by atoms with van der Waals surface area (Å²) in [4.78, 5) is 12.3. The fourth-order valence-electron chi connectivity index (χ4n) is 4.63. The van der Waals surface area contributed by atoms with Crippen molar-refractivity contribution in [1.82, 2.24) is 14.5 Å². The van der Waals surface area contributed by atoms with E-state index in [-0.39, 0.29) is 12.1 Å². The van der Waals surface area contributed by atoms with Crippen LogP contribution in [0.15, 0.2) is 90.2 Å². The van der Waals surface area contributed by atoms with Gasteiger partial charge in [-0.05, 0) is 47.2 Å². The quantitative estimate of drug-likeness (QED) is 0.440. The summed E-state index contributed by atoms with van der Waals surface area (Å²) in [5.41, 5.74) is 3.47. The predicted molar refractivity (Wildman–Crippen MR) is 124 cm³/mol. The van der Waals surface area contributed by atoms with Crippen molar-refractivity contribution in [1.29, 1.82) is 0 Å². The lowest BCUT2D eigenvalue weighted by Gasteiger charge is -2.28. The van der Waals surface area contributed by atoms with Gasteiger partial charge in [0, 0.05) is 35.6 Å². The van der Waals surface area contributed by atoms with Crippen molar-refractivity contribution in [3.63, 3.8) is 0 Å². The molecule has 0 radical (unpaired) electrons. The maximum Gasteiger partial charge on any atom is 0.160 e. The number of amidine groups is 1. The molecule has 30 heavy (non-hydrogen) atoms. The summed E-state index contributed by atoms with van der Waals surface area (Å²) < 4.78 is 2.32. The predicted octanol–water partition coefficient (Wildman–Crippen LogP) is 5.61. The number of aromatic nitrogens is 2. The average Bonchev–Trinajstić information content (AvgIpc) is 3.48. The molecule has 2 aliphatic heterocycles. The molecule has 0 bridgehead atoms. The topological polar surface area (TPSA) is 33.4 Å². The SMILES string of the molecule is C[C@@H]1CN2C(=N[C@@H](c3ccccn3)[C@H]2c2cccn2-c2ccc3ccccc3c2)S1. The first-order valence-electron chi connectivity index (χ1n) is 10.4. The van der Waals surface area contributed by atoms with Crippen LogP contribution in [0.4, 0.5) is 0 Å². The van der Waals surface area contributed by atoms with E-state index in [1.807, 2.05) is 24.0 Å². The lowest BCUT2D eigenvalue weighted by molar-refractivity contribution is 0.312. The third kappa shape index (κ3) is 2.84. The van der Waals surface area contributed by atoms with E-state index in [0.29, 0.717) is 5.25 Å². The minimum Gasteiger partial charge on any atom is -0.339 e. The molecule has 1 fully saturated rings. The van der Waals surface area contributed by atoms with Crippen LogP contribution in [0.1, 0.15) is 30.4 Å². The highest BCUT2D eigenvalue weighted by Crippen LogP contribution is 2.47. The van der Waals surface area contributed by atoms with Crippen molar-refractivity contribution in [2.45, 2.75) is 24.3 Å². The van der Waals surface area contributed by atoms with Gasteiger partial charge in [-0.2, -0.15) is 0 Å². The zero-order valence-electron chi connectivity index (χ0n) is 16.7. The third-order valence-electron chi connectivity index (χ3n) is 5.98. The van der Waals surface area contributed by atoms with Gasteiger partial charge in [-0.1, -0.05) is 55.1 Å². The summed E-state index contributed by atoms with van der Waals surface area (Å²) in [5.74, 6) is 0. The number of pyridine rings is 1. The van der Waals surface area contributed by atoms with Gasteiger partial charge in [0.1, 0.15) is 6.04 Å². The van der Waals surface area contributed by atoms with Crippen LogP contribution in [0.5, 0.6) is 0 Å². The van der Waals surface area contributed by atoms with Crippen molar-refractivity contribution < 1.29 is 0 Å². The van der Waals surface area contributed by atoms with Gasteiger partial charge in [0.25, 0.3) is 0 Å². The van der Waals surface area contributed by atoms with E-state index < -0.39 is 0 Å². The molecule has 5 heteroatoms. The first-order chi connectivity index (χ1) is 14.8. The Kier molecular flexibility index (Phi) is 4.16. The van der Waals surface area contributed by atoms with Crippen LogP contribution in [0, 0.1) is 0 Å². The summed E-state index contributed by atoms with van der Waals surface area (Å²) in [7, 11) is 0. The molecule has 0 spiro atoms. The largest absolute Gasteiger partial charge is 0.339 e. The van der Waals surface area contributed by atoms with E-state index in [4.69, 9.17) is 4.99 Å². The normalized spacial score (nSPS) is 23.0. The minimum atomic E-state index is 0.00954. The van der Waals surface area contributed by atoms with Crippen molar-refractivity contribution in [3.8, 4) is 5.69 Å². The first-order valence-corrected chi connectivity index (χ1v) is 11.2. The molecule has 4 nitrogen and oxygen atoms in total. The Bertz CT molecular complexity index is 1250. The minimum absolute atomic E-state index is 0.00954. The van der Waals surface area contributed by atoms with E-state index in [2.05, 4.69) is 94.3 Å². The van der Waals surface area contributed by atoms with Crippen molar-refractivity contribution >= 4 is 27.7 Å². The molecule has 0 aliphatic carbocycles. The van der Waals surface area contributed by atoms with Crippen molar-refractivity contribution in [3.05, 3.63) is 96.6 Å². The van der Waals surface area contributed by atoms with Crippen LogP contribution >= 0.6 is 11.8 Å². The molecular weight excluding hydrogens is 388 g/mol. The number of hydrogen-bond donors (Lipinski definition) is 0. The second-order valence-electron chi connectivity index (χ2n) is 7.97. The van der Waals surface area contributed by atoms with Crippen molar-refractivity contribution in [2.24, 2.45) is 4.99 Å². The molecule has 4 heterocycles. The summed E-state index contributed by atoms with van der Waals surface area (Å²) in [6, 6.07) is 25.9. The van der Waals surface area contributed by atoms with E-state index in [1.165, 1.54) is 22.2 Å². The van der Waals surface area contributed by atoms with Gasteiger partial charge in [-0.3, -0.25) is 9.98 Å². The fraction of sp³-hybridized carbons (Fsp3) is 0.200. The second-order valence-corrected chi connectivity index (χ2v) is 9.38. The molecule has 4 aromatic rings. The fourth-order valence-corrected chi connectivity index (χ4v) is 5.73. The lowest BCUT2D eigenvalue weighted by atomic mass is 10.0. The highest BCUT2D eigenvalue weighted by atomic mass is 32.2. The molecule has 3 atom stereocenters. The smallest absolute Gasteiger partial charge is 0.160 e. The number of hydrogen-bond acceptors (Lipinski definition) is 4. The Morgan fingerprint density at radius 2 is 1.80 bits per heavy atom. The molecule has 148 valence electrons. The highest BCUT2D eigenvalue weighted by Gasteiger charge is 2.44. The lowest BCUT2D eigenvalue weighted by Crippen LogP contribution is -2.30. The standard InChI is InChI=1S/C25H22N4S/c1-17-16-29-24(23(27-25(29)30-17)21-9-4-5-13-26-21)22-10-6-14-28(22)20-12-11-18-7-2-3-8-19(18)15-20/h2-15,17,23-24H,16H2,1H3/t17-,23+,24-/m1/s1. The molecule has 2 aromatic heterocycles. The second kappa shape index (κ2) is 7.03. The van der Waals surface area contributed by atoms with Crippen LogP contribution < -0.4 is 0 Å². The van der Waals surface area contributed by atoms with Gasteiger partial charge in [-0.25, -0.2) is 0 Å². The van der Waals surface area contributed by atoms with Gasteiger partial charge in [0.2, 0.25) is 0 Å². The van der Waals surface area contributed by atoms with E-state index in [0.717, 1.165) is 17.4 Å². The van der Waals surface area contributed by atoms with Gasteiger partial charge >= 0.3 is 0 Å². The third-order valence-corrected chi connectivity index (χ3v) is 7.08. The Morgan fingerprint density at radius 3 is 2.67 bits per heavy atom. The summed E-state index contributed by atoms with van der Waals surface area (Å²) >= 11 is 1.88. The number of nitrogens with zero attached hydrogens (tertiary/aromatic N) is 4. The Hall–Kier alpha value is -3.05. The number of rotatable bonds is 3. The zero-order valence-corrected chi connectivity index (χ0v) is 17.5. The molecule has 2 aliphatic rings. The van der Waals surface area contributed by atoms with Crippen LogP contribution in [-0.2, 0) is 0 Å². The Morgan fingerprint density at radius 1 is 0.933 bits per heavy atom. The maximum atomic E-state index is 5.12. The van der Waals surface area contributed by atoms with Crippen LogP contribution in [0.3, 0.4) is 0 Å².